The van der Waals surface area contributed by atoms with E-state index in [1.54, 1.807) is 34.6 Å². The SMILES string of the molecule is Cc1ccc(S(=O)(=O)N2CC[C@@H]3[C@H](CO)Nc4ccc(-c5cccc(NC(=O)CCCC6CCC(NCCOc7cccc8c7C(=O)N(C7CCC(=O)NC7=O)C8=O)CC6)c5)cc4[C@@H]32)cc1. The van der Waals surface area contributed by atoms with Crippen molar-refractivity contribution in [1.29, 1.82) is 0 Å². The molecule has 4 aromatic carbocycles. The lowest BCUT2D eigenvalue weighted by atomic mass is 9.82. The molecule has 3 fully saturated rings. The van der Waals surface area contributed by atoms with E-state index in [1.165, 1.54) is 0 Å². The highest BCUT2D eigenvalue weighted by Crippen LogP contribution is 2.49. The predicted molar refractivity (Wildman–Crippen MR) is 247 cm³/mol. The van der Waals surface area contributed by atoms with E-state index in [9.17, 15) is 37.5 Å². The maximum atomic E-state index is 14.0. The van der Waals surface area contributed by atoms with Gasteiger partial charge in [-0.25, -0.2) is 8.42 Å². The summed E-state index contributed by atoms with van der Waals surface area (Å²) in [4.78, 5) is 65.0. The molecule has 5 aliphatic rings. The van der Waals surface area contributed by atoms with Gasteiger partial charge in [-0.1, -0.05) is 42.0 Å². The molecule has 66 heavy (non-hydrogen) atoms. The van der Waals surface area contributed by atoms with E-state index in [0.717, 1.165) is 71.4 Å². The lowest BCUT2D eigenvalue weighted by Gasteiger charge is -2.39. The molecule has 1 saturated carbocycles. The van der Waals surface area contributed by atoms with Crippen molar-refractivity contribution in [2.45, 2.75) is 100 Å². The number of aliphatic hydroxyl groups is 1. The third-order valence-corrected chi connectivity index (χ3v) is 15.9. The molecule has 346 valence electrons. The Balaban J connectivity index is 0.731. The zero-order valence-electron chi connectivity index (χ0n) is 37.0. The molecule has 9 rings (SSSR count). The molecular weight excluding hydrogens is 861 g/mol. The average molecular weight is 917 g/mol. The van der Waals surface area contributed by atoms with E-state index < -0.39 is 45.7 Å². The highest BCUT2D eigenvalue weighted by molar-refractivity contribution is 7.89. The van der Waals surface area contributed by atoms with Gasteiger partial charge in [-0.05, 0) is 129 Å². The summed E-state index contributed by atoms with van der Waals surface area (Å²) in [5, 5.41) is 22.6. The van der Waals surface area contributed by atoms with Gasteiger partial charge in [-0.2, -0.15) is 4.31 Å². The maximum Gasteiger partial charge on any atom is 0.266 e. The number of piperidine rings is 1. The van der Waals surface area contributed by atoms with E-state index in [1.807, 2.05) is 61.5 Å². The van der Waals surface area contributed by atoms with Gasteiger partial charge in [-0.3, -0.25) is 34.2 Å². The molecule has 1 aliphatic carbocycles. The van der Waals surface area contributed by atoms with Crippen molar-refractivity contribution in [1.82, 2.24) is 19.8 Å². The van der Waals surface area contributed by atoms with Crippen LogP contribution in [0, 0.1) is 18.8 Å². The maximum absolute atomic E-state index is 14.0. The Morgan fingerprint density at radius 2 is 1.65 bits per heavy atom. The molecule has 0 bridgehead atoms. The summed E-state index contributed by atoms with van der Waals surface area (Å²) < 4.78 is 35.6. The number of imide groups is 2. The van der Waals surface area contributed by atoms with E-state index in [0.29, 0.717) is 43.6 Å². The second kappa shape index (κ2) is 19.1. The Hall–Kier alpha value is -5.94. The Labute approximate surface area is 384 Å². The lowest BCUT2D eigenvalue weighted by Crippen LogP contribution is -2.54. The van der Waals surface area contributed by atoms with Crippen LogP contribution in [0.1, 0.15) is 102 Å². The monoisotopic (exact) mass is 916 g/mol. The number of hydrogen-bond acceptors (Lipinski definition) is 11. The van der Waals surface area contributed by atoms with E-state index >= 15 is 0 Å². The molecule has 0 radical (unpaired) electrons. The van der Waals surface area contributed by atoms with Gasteiger partial charge in [0.05, 0.1) is 34.7 Å². The molecule has 0 aromatic heterocycles. The molecule has 2 saturated heterocycles. The molecule has 0 spiro atoms. The number of amides is 5. The van der Waals surface area contributed by atoms with Crippen molar-refractivity contribution in [3.05, 3.63) is 107 Å². The number of sulfonamides is 1. The Bertz CT molecular complexity index is 2650. The molecule has 4 aromatic rings. The van der Waals surface area contributed by atoms with Crippen molar-refractivity contribution >= 4 is 50.9 Å². The Morgan fingerprint density at radius 1 is 0.879 bits per heavy atom. The number of benzene rings is 4. The van der Waals surface area contributed by atoms with Gasteiger partial charge in [0.2, 0.25) is 27.7 Å². The van der Waals surface area contributed by atoms with Crippen LogP contribution in [0.5, 0.6) is 5.75 Å². The van der Waals surface area contributed by atoms with Crippen LogP contribution in [0.2, 0.25) is 0 Å². The van der Waals surface area contributed by atoms with Crippen LogP contribution >= 0.6 is 0 Å². The third kappa shape index (κ3) is 9.11. The summed E-state index contributed by atoms with van der Waals surface area (Å²) >= 11 is 0. The number of nitrogens with one attached hydrogen (secondary N) is 4. The van der Waals surface area contributed by atoms with Crippen LogP contribution in [-0.2, 0) is 24.4 Å². The first-order valence-corrected chi connectivity index (χ1v) is 24.5. The van der Waals surface area contributed by atoms with Gasteiger partial charge in [0, 0.05) is 49.3 Å². The van der Waals surface area contributed by atoms with Gasteiger partial charge in [0.25, 0.3) is 11.8 Å². The number of rotatable bonds is 15. The average Bonchev–Trinajstić information content (AvgIpc) is 3.88. The second-order valence-corrected chi connectivity index (χ2v) is 20.1. The number of ether oxygens (including phenoxy) is 1. The molecule has 4 heterocycles. The number of hydrogen-bond donors (Lipinski definition) is 5. The summed E-state index contributed by atoms with van der Waals surface area (Å²) in [7, 11) is -3.80. The second-order valence-electron chi connectivity index (χ2n) is 18.2. The van der Waals surface area contributed by atoms with Gasteiger partial charge in [0.1, 0.15) is 18.4 Å². The summed E-state index contributed by atoms with van der Waals surface area (Å²) in [6, 6.07) is 24.0. The van der Waals surface area contributed by atoms with Crippen molar-refractivity contribution in [2.75, 3.05) is 36.9 Å². The third-order valence-electron chi connectivity index (χ3n) is 14.0. The van der Waals surface area contributed by atoms with E-state index in [2.05, 4.69) is 21.3 Å². The Morgan fingerprint density at radius 3 is 2.42 bits per heavy atom. The van der Waals surface area contributed by atoms with Crippen LogP contribution in [-0.4, -0.2) is 96.7 Å². The number of carbonyl (C=O) groups excluding carboxylic acids is 5. The quantitative estimate of drug-likeness (QED) is 0.0698. The molecule has 4 aliphatic heterocycles. The predicted octanol–water partition coefficient (Wildman–Crippen LogP) is 5.94. The van der Waals surface area contributed by atoms with Crippen molar-refractivity contribution in [2.24, 2.45) is 11.8 Å². The van der Waals surface area contributed by atoms with E-state index in [4.69, 9.17) is 4.74 Å². The number of aliphatic hydroxyl groups excluding tert-OH is 1. The summed E-state index contributed by atoms with van der Waals surface area (Å²) in [6.45, 7) is 3.01. The number of anilines is 2. The first kappa shape index (κ1) is 45.2. The first-order valence-electron chi connectivity index (χ1n) is 23.1. The van der Waals surface area contributed by atoms with Gasteiger partial charge in [0.15, 0.2) is 0 Å². The smallest absolute Gasteiger partial charge is 0.266 e. The lowest BCUT2D eigenvalue weighted by molar-refractivity contribution is -0.136. The first-order chi connectivity index (χ1) is 31.9. The molecule has 5 amide bonds. The molecule has 16 heteroatoms. The van der Waals surface area contributed by atoms with Crippen LogP contribution in [0.3, 0.4) is 0 Å². The fraction of sp³-hybridized carbons (Fsp3) is 0.420. The molecular formula is C50H56N6O9S. The normalized spacial score (nSPS) is 24.0. The molecule has 1 unspecified atom stereocenters. The number of fused-ring (bicyclic) bond motifs is 4. The minimum Gasteiger partial charge on any atom is -0.491 e. The largest absolute Gasteiger partial charge is 0.491 e. The summed E-state index contributed by atoms with van der Waals surface area (Å²) in [5.74, 6) is -1.56. The number of carbonyl (C=O) groups is 5. The molecule has 5 N–H and O–H groups in total. The highest BCUT2D eigenvalue weighted by atomic mass is 32.2. The number of nitrogens with zero attached hydrogens (tertiary/aromatic N) is 2. The van der Waals surface area contributed by atoms with Crippen LogP contribution in [0.25, 0.3) is 11.1 Å². The standard InChI is InChI=1S/C50H56N6O9S/c1-30-11-18-36(19-12-30)66(63,64)55-25-23-37-41(29-57)53-40-20-15-33(28-39(40)47(37)55)32-6-3-7-35(27-32)52-44(58)10-2-5-31-13-16-34(17-14-31)51-24-26-65-43-9-4-8-38-46(43)50(62)56(49(38)61)42-21-22-45(59)54-48(42)60/h3-4,6-9,11-12,15,18-20,27-28,31,34,37,41-42,47,51,53,57H,2,5,10,13-14,16-17,21-26,29H2,1H3,(H,52,58)(H,54,59,60)/t31?,34?,37-,41+,42?,47-/m1/s1. The van der Waals surface area contributed by atoms with Crippen LogP contribution in [0.15, 0.2) is 89.8 Å². The zero-order valence-corrected chi connectivity index (χ0v) is 37.8. The van der Waals surface area contributed by atoms with E-state index in [-0.39, 0.29) is 65.7 Å². The van der Waals surface area contributed by atoms with Crippen molar-refractivity contribution in [3.8, 4) is 16.9 Å². The van der Waals surface area contributed by atoms with Gasteiger partial charge < -0.3 is 25.8 Å². The zero-order chi connectivity index (χ0) is 46.1. The minimum absolute atomic E-state index is 0.0447. The Kier molecular flexibility index (Phi) is 13.1. The fourth-order valence-electron chi connectivity index (χ4n) is 10.6. The molecule has 4 atom stereocenters. The van der Waals surface area contributed by atoms with Crippen LogP contribution < -0.4 is 26.0 Å². The van der Waals surface area contributed by atoms with Crippen molar-refractivity contribution in [3.63, 3.8) is 0 Å². The van der Waals surface area contributed by atoms with Crippen molar-refractivity contribution < 1.29 is 42.2 Å². The number of aryl methyl sites for hydroxylation is 1. The topological polar surface area (TPSA) is 204 Å². The highest BCUT2D eigenvalue weighted by Gasteiger charge is 2.49. The van der Waals surface area contributed by atoms with Gasteiger partial charge >= 0.3 is 0 Å². The molecule has 15 nitrogen and oxygen atoms in total. The van der Waals surface area contributed by atoms with Crippen LogP contribution in [0.4, 0.5) is 11.4 Å². The summed E-state index contributed by atoms with van der Waals surface area (Å²) in [6.07, 6.45) is 7.03. The summed E-state index contributed by atoms with van der Waals surface area (Å²) in [5.41, 5.74) is 5.48. The minimum atomic E-state index is -3.80. The fourth-order valence-corrected chi connectivity index (χ4v) is 12.2. The van der Waals surface area contributed by atoms with Gasteiger partial charge in [-0.15, -0.1) is 0 Å².